The van der Waals surface area contributed by atoms with Crippen LogP contribution >= 0.6 is 0 Å². The molecule has 0 saturated carbocycles. The Balaban J connectivity index is 2.93. The fourth-order valence-electron chi connectivity index (χ4n) is 1.93. The Hall–Kier alpha value is -1.75. The molecule has 0 radical (unpaired) electrons. The lowest BCUT2D eigenvalue weighted by molar-refractivity contribution is -0.145. The van der Waals surface area contributed by atoms with Crippen molar-refractivity contribution in [2.45, 2.75) is 19.4 Å². The van der Waals surface area contributed by atoms with E-state index in [1.165, 1.54) is 21.3 Å². The van der Waals surface area contributed by atoms with Crippen LogP contribution in [0.1, 0.15) is 25.0 Å². The monoisotopic (exact) mass is 268 g/mol. The van der Waals surface area contributed by atoms with Crippen LogP contribution in [0.3, 0.4) is 0 Å². The number of ether oxygens (including phenoxy) is 3. The molecule has 0 amide bonds. The number of carbonyl (C=O) groups is 1. The number of rotatable bonds is 6. The Bertz CT molecular complexity index is 430. The molecule has 5 heteroatoms. The van der Waals surface area contributed by atoms with Crippen LogP contribution in [0, 0.1) is 5.92 Å². The molecule has 0 heterocycles. The van der Waals surface area contributed by atoms with E-state index < -0.39 is 12.0 Å². The minimum absolute atomic E-state index is 0.260. The zero-order chi connectivity index (χ0) is 14.4. The number of methoxy groups -OCH3 is 3. The zero-order valence-electron chi connectivity index (χ0n) is 11.7. The summed E-state index contributed by atoms with van der Waals surface area (Å²) in [5.41, 5.74) is 0.595. The molecule has 0 spiro atoms. The van der Waals surface area contributed by atoms with Gasteiger partial charge in [-0.05, 0) is 12.5 Å². The molecule has 19 heavy (non-hydrogen) atoms. The van der Waals surface area contributed by atoms with Crippen LogP contribution in [0.15, 0.2) is 18.2 Å². The third kappa shape index (κ3) is 3.61. The molecular weight excluding hydrogens is 248 g/mol. The Labute approximate surface area is 113 Å². The Morgan fingerprint density at radius 3 is 2.47 bits per heavy atom. The molecule has 1 aromatic rings. The van der Waals surface area contributed by atoms with E-state index in [1.807, 2.05) is 0 Å². The Kier molecular flexibility index (Phi) is 5.63. The lowest BCUT2D eigenvalue weighted by Crippen LogP contribution is -2.16. The summed E-state index contributed by atoms with van der Waals surface area (Å²) in [5, 5.41) is 10.2. The van der Waals surface area contributed by atoms with Crippen LogP contribution in [0.2, 0.25) is 0 Å². The number of esters is 1. The molecule has 1 rings (SSSR count). The molecule has 0 fully saturated rings. The largest absolute Gasteiger partial charge is 0.493 e. The summed E-state index contributed by atoms with van der Waals surface area (Å²) >= 11 is 0. The average molecular weight is 268 g/mol. The van der Waals surface area contributed by atoms with E-state index in [9.17, 15) is 9.90 Å². The van der Waals surface area contributed by atoms with Crippen molar-refractivity contribution in [2.24, 2.45) is 5.92 Å². The molecule has 106 valence electrons. The smallest absolute Gasteiger partial charge is 0.308 e. The number of hydrogen-bond donors (Lipinski definition) is 1. The first-order valence-electron chi connectivity index (χ1n) is 6.01. The maximum Gasteiger partial charge on any atom is 0.308 e. The van der Waals surface area contributed by atoms with Crippen molar-refractivity contribution in [1.29, 1.82) is 0 Å². The highest BCUT2D eigenvalue weighted by molar-refractivity contribution is 5.71. The van der Waals surface area contributed by atoms with Crippen molar-refractivity contribution in [3.8, 4) is 11.5 Å². The lowest BCUT2D eigenvalue weighted by Gasteiger charge is -2.19. The average Bonchev–Trinajstić information content (AvgIpc) is 2.44. The van der Waals surface area contributed by atoms with E-state index in [1.54, 1.807) is 25.1 Å². The maximum absolute atomic E-state index is 11.4. The predicted octanol–water partition coefficient (Wildman–Crippen LogP) is 1.94. The minimum atomic E-state index is -0.820. The van der Waals surface area contributed by atoms with E-state index in [2.05, 4.69) is 4.74 Å². The second kappa shape index (κ2) is 6.99. The molecule has 0 aliphatic rings. The number of hydrogen-bond acceptors (Lipinski definition) is 5. The van der Waals surface area contributed by atoms with Crippen molar-refractivity contribution < 1.29 is 24.1 Å². The number of carbonyl (C=O) groups excluding carboxylic acids is 1. The summed E-state index contributed by atoms with van der Waals surface area (Å²) in [6, 6.07) is 5.26. The van der Waals surface area contributed by atoms with Gasteiger partial charge in [-0.15, -0.1) is 0 Å². The molecule has 1 aromatic carbocycles. The molecule has 2 atom stereocenters. The zero-order valence-corrected chi connectivity index (χ0v) is 11.7. The SMILES string of the molecule is COC(=O)C(C)CC(O)c1cccc(OC)c1OC. The summed E-state index contributed by atoms with van der Waals surface area (Å²) in [6.45, 7) is 1.71. The van der Waals surface area contributed by atoms with Gasteiger partial charge in [0.25, 0.3) is 0 Å². The van der Waals surface area contributed by atoms with Gasteiger partial charge in [0.15, 0.2) is 11.5 Å². The topological polar surface area (TPSA) is 65.0 Å². The molecule has 2 unspecified atom stereocenters. The number of benzene rings is 1. The fourth-order valence-corrected chi connectivity index (χ4v) is 1.93. The lowest BCUT2D eigenvalue weighted by atomic mass is 9.97. The van der Waals surface area contributed by atoms with Gasteiger partial charge in [-0.1, -0.05) is 19.1 Å². The van der Waals surface area contributed by atoms with Crippen LogP contribution in [-0.4, -0.2) is 32.4 Å². The van der Waals surface area contributed by atoms with Crippen molar-refractivity contribution in [3.05, 3.63) is 23.8 Å². The molecule has 5 nitrogen and oxygen atoms in total. The molecule has 0 bridgehead atoms. The second-order valence-corrected chi connectivity index (χ2v) is 4.26. The van der Waals surface area contributed by atoms with Gasteiger partial charge in [-0.3, -0.25) is 4.79 Å². The molecule has 0 aliphatic carbocycles. The van der Waals surface area contributed by atoms with Crippen molar-refractivity contribution in [2.75, 3.05) is 21.3 Å². The van der Waals surface area contributed by atoms with E-state index in [0.29, 0.717) is 17.1 Å². The quantitative estimate of drug-likeness (QED) is 0.799. The third-order valence-electron chi connectivity index (χ3n) is 2.97. The van der Waals surface area contributed by atoms with Crippen molar-refractivity contribution >= 4 is 5.97 Å². The van der Waals surface area contributed by atoms with Crippen LogP contribution < -0.4 is 9.47 Å². The minimum Gasteiger partial charge on any atom is -0.493 e. The van der Waals surface area contributed by atoms with Gasteiger partial charge in [0.05, 0.1) is 33.4 Å². The van der Waals surface area contributed by atoms with E-state index in [4.69, 9.17) is 9.47 Å². The summed E-state index contributed by atoms with van der Waals surface area (Å²) in [6.07, 6.45) is -0.560. The first kappa shape index (κ1) is 15.3. The standard InChI is InChI=1S/C14H20O5/c1-9(14(16)19-4)8-11(15)10-6-5-7-12(17-2)13(10)18-3/h5-7,9,11,15H,8H2,1-4H3. The van der Waals surface area contributed by atoms with Gasteiger partial charge in [0.1, 0.15) is 0 Å². The van der Waals surface area contributed by atoms with Crippen LogP contribution in [0.25, 0.3) is 0 Å². The van der Waals surface area contributed by atoms with Crippen molar-refractivity contribution in [1.82, 2.24) is 0 Å². The van der Waals surface area contributed by atoms with Gasteiger partial charge in [-0.2, -0.15) is 0 Å². The first-order valence-corrected chi connectivity index (χ1v) is 6.01. The second-order valence-electron chi connectivity index (χ2n) is 4.26. The molecule has 1 N–H and O–H groups in total. The highest BCUT2D eigenvalue weighted by Gasteiger charge is 2.22. The number of para-hydroxylation sites is 1. The summed E-state index contributed by atoms with van der Waals surface area (Å²) in [5.74, 6) is 0.288. The van der Waals surface area contributed by atoms with E-state index in [0.717, 1.165) is 0 Å². The molecule has 0 aliphatic heterocycles. The van der Waals surface area contributed by atoms with Gasteiger partial charge < -0.3 is 19.3 Å². The number of aliphatic hydroxyl groups excluding tert-OH is 1. The molecule has 0 saturated heterocycles. The van der Waals surface area contributed by atoms with Crippen LogP contribution in [0.4, 0.5) is 0 Å². The van der Waals surface area contributed by atoms with Gasteiger partial charge in [-0.25, -0.2) is 0 Å². The first-order chi connectivity index (χ1) is 9.04. The Morgan fingerprint density at radius 1 is 1.26 bits per heavy atom. The highest BCUT2D eigenvalue weighted by atomic mass is 16.5. The molecule has 0 aromatic heterocycles. The van der Waals surface area contributed by atoms with Gasteiger partial charge >= 0.3 is 5.97 Å². The third-order valence-corrected chi connectivity index (χ3v) is 2.97. The molecular formula is C14H20O5. The summed E-state index contributed by atoms with van der Waals surface area (Å²) in [7, 11) is 4.38. The Morgan fingerprint density at radius 2 is 1.95 bits per heavy atom. The highest BCUT2D eigenvalue weighted by Crippen LogP contribution is 2.36. The van der Waals surface area contributed by atoms with E-state index >= 15 is 0 Å². The predicted molar refractivity (Wildman–Crippen MR) is 70.3 cm³/mol. The normalized spacial score (nSPS) is 13.5. The van der Waals surface area contributed by atoms with E-state index in [-0.39, 0.29) is 12.4 Å². The van der Waals surface area contributed by atoms with Gasteiger partial charge in [0, 0.05) is 5.56 Å². The van der Waals surface area contributed by atoms with Crippen LogP contribution in [-0.2, 0) is 9.53 Å². The fraction of sp³-hybridized carbons (Fsp3) is 0.500. The van der Waals surface area contributed by atoms with Gasteiger partial charge in [0.2, 0.25) is 0 Å². The maximum atomic E-state index is 11.4. The summed E-state index contributed by atoms with van der Waals surface area (Å²) in [4.78, 5) is 11.4. The van der Waals surface area contributed by atoms with Crippen LogP contribution in [0.5, 0.6) is 11.5 Å². The number of aliphatic hydroxyl groups is 1. The summed E-state index contributed by atoms with van der Waals surface area (Å²) < 4.78 is 15.1. The van der Waals surface area contributed by atoms with Crippen molar-refractivity contribution in [3.63, 3.8) is 0 Å².